The lowest BCUT2D eigenvalue weighted by atomic mass is 10.1. The topological polar surface area (TPSA) is 60.6 Å². The van der Waals surface area contributed by atoms with E-state index in [1.165, 1.54) is 0 Å². The van der Waals surface area contributed by atoms with Crippen LogP contribution in [0.4, 0.5) is 0 Å². The van der Waals surface area contributed by atoms with Crippen molar-refractivity contribution in [1.29, 1.82) is 0 Å². The third-order valence-corrected chi connectivity index (χ3v) is 3.99. The van der Waals surface area contributed by atoms with Crippen LogP contribution in [-0.2, 0) is 20.1 Å². The number of hydrogen-bond acceptors (Lipinski definition) is 4. The van der Waals surface area contributed by atoms with Crippen LogP contribution < -0.4 is 5.32 Å². The summed E-state index contributed by atoms with van der Waals surface area (Å²) in [5.74, 6) is 0. The standard InChI is InChI=1S/C13H21BrN6/c1-9-12(14)11(19(5)17-9)8-20-7-10(16-18-20)6-15-13(2,3)4/h7,15H,6,8H2,1-5H3. The molecule has 2 aromatic heterocycles. The average molecular weight is 341 g/mol. The summed E-state index contributed by atoms with van der Waals surface area (Å²) < 4.78 is 4.74. The second-order valence-electron chi connectivity index (χ2n) is 5.98. The summed E-state index contributed by atoms with van der Waals surface area (Å²) in [7, 11) is 1.94. The van der Waals surface area contributed by atoms with Crippen molar-refractivity contribution in [2.45, 2.75) is 46.3 Å². The Morgan fingerprint density at radius 3 is 2.60 bits per heavy atom. The normalized spacial score (nSPS) is 12.1. The van der Waals surface area contributed by atoms with Gasteiger partial charge in [-0.2, -0.15) is 5.10 Å². The number of hydrogen-bond donors (Lipinski definition) is 1. The molecule has 2 rings (SSSR count). The highest BCUT2D eigenvalue weighted by Crippen LogP contribution is 2.20. The molecule has 0 radical (unpaired) electrons. The Hall–Kier alpha value is -1.21. The summed E-state index contributed by atoms with van der Waals surface area (Å²) >= 11 is 3.56. The van der Waals surface area contributed by atoms with Crippen LogP contribution in [0.3, 0.4) is 0 Å². The molecule has 0 bridgehead atoms. The van der Waals surface area contributed by atoms with Gasteiger partial charge in [0.05, 0.1) is 34.3 Å². The van der Waals surface area contributed by atoms with Crippen LogP contribution in [0.2, 0.25) is 0 Å². The van der Waals surface area contributed by atoms with Gasteiger partial charge in [0.25, 0.3) is 0 Å². The molecule has 1 N–H and O–H groups in total. The molecule has 0 aliphatic rings. The van der Waals surface area contributed by atoms with Gasteiger partial charge in [-0.05, 0) is 43.6 Å². The maximum atomic E-state index is 4.38. The Labute approximate surface area is 127 Å². The Kier molecular flexibility index (Phi) is 4.29. The van der Waals surface area contributed by atoms with Crippen LogP contribution >= 0.6 is 15.9 Å². The minimum atomic E-state index is 0.0754. The van der Waals surface area contributed by atoms with E-state index in [1.807, 2.05) is 29.5 Å². The van der Waals surface area contributed by atoms with Gasteiger partial charge in [0.15, 0.2) is 0 Å². The predicted octanol–water partition coefficient (Wildman–Crippen LogP) is 2.02. The number of rotatable bonds is 4. The quantitative estimate of drug-likeness (QED) is 0.924. The molecule has 0 saturated carbocycles. The highest BCUT2D eigenvalue weighted by atomic mass is 79.9. The van der Waals surface area contributed by atoms with Crippen LogP contribution in [0.1, 0.15) is 37.9 Å². The van der Waals surface area contributed by atoms with Gasteiger partial charge in [-0.1, -0.05) is 5.21 Å². The van der Waals surface area contributed by atoms with Crippen molar-refractivity contribution in [2.24, 2.45) is 7.05 Å². The highest BCUT2D eigenvalue weighted by molar-refractivity contribution is 9.10. The monoisotopic (exact) mass is 340 g/mol. The largest absolute Gasteiger partial charge is 0.306 e. The number of halogens is 1. The second kappa shape index (κ2) is 5.65. The van der Waals surface area contributed by atoms with Crippen LogP contribution in [0.25, 0.3) is 0 Å². The zero-order chi connectivity index (χ0) is 14.9. The molecule has 110 valence electrons. The van der Waals surface area contributed by atoms with Crippen LogP contribution in [-0.4, -0.2) is 30.3 Å². The Morgan fingerprint density at radius 1 is 1.35 bits per heavy atom. The molecule has 2 aromatic rings. The Balaban J connectivity index is 2.06. The molecule has 0 aliphatic carbocycles. The Bertz CT molecular complexity index is 593. The summed E-state index contributed by atoms with van der Waals surface area (Å²) in [6, 6.07) is 0. The van der Waals surface area contributed by atoms with E-state index in [-0.39, 0.29) is 5.54 Å². The van der Waals surface area contributed by atoms with Crippen molar-refractivity contribution in [2.75, 3.05) is 0 Å². The smallest absolute Gasteiger partial charge is 0.0965 e. The maximum Gasteiger partial charge on any atom is 0.0965 e. The van der Waals surface area contributed by atoms with E-state index in [9.17, 15) is 0 Å². The van der Waals surface area contributed by atoms with Gasteiger partial charge in [-0.25, -0.2) is 4.68 Å². The summed E-state index contributed by atoms with van der Waals surface area (Å²) in [6.07, 6.45) is 1.97. The summed E-state index contributed by atoms with van der Waals surface area (Å²) in [6.45, 7) is 9.75. The summed E-state index contributed by atoms with van der Waals surface area (Å²) in [5, 5.41) is 16.1. The van der Waals surface area contributed by atoms with Gasteiger partial charge in [0.2, 0.25) is 0 Å². The fourth-order valence-electron chi connectivity index (χ4n) is 1.86. The van der Waals surface area contributed by atoms with Crippen molar-refractivity contribution in [3.05, 3.63) is 27.8 Å². The van der Waals surface area contributed by atoms with Crippen LogP contribution in [0.15, 0.2) is 10.7 Å². The van der Waals surface area contributed by atoms with E-state index < -0.39 is 0 Å². The van der Waals surface area contributed by atoms with Crippen molar-refractivity contribution in [3.8, 4) is 0 Å². The van der Waals surface area contributed by atoms with Gasteiger partial charge in [-0.3, -0.25) is 4.68 Å². The molecule has 0 saturated heterocycles. The molecule has 0 aromatic carbocycles. The molecule has 20 heavy (non-hydrogen) atoms. The molecule has 0 amide bonds. The lowest BCUT2D eigenvalue weighted by Gasteiger charge is -2.19. The average Bonchev–Trinajstić information content (AvgIpc) is 2.87. The van der Waals surface area contributed by atoms with E-state index in [1.54, 1.807) is 0 Å². The molecule has 7 heteroatoms. The third kappa shape index (κ3) is 3.67. The van der Waals surface area contributed by atoms with Crippen molar-refractivity contribution >= 4 is 15.9 Å². The van der Waals surface area contributed by atoms with E-state index in [4.69, 9.17) is 0 Å². The first-order chi connectivity index (χ1) is 9.26. The minimum Gasteiger partial charge on any atom is -0.306 e. The molecular weight excluding hydrogens is 320 g/mol. The van der Waals surface area contributed by atoms with E-state index in [2.05, 4.69) is 57.4 Å². The van der Waals surface area contributed by atoms with E-state index in [0.717, 1.165) is 28.1 Å². The maximum absolute atomic E-state index is 4.38. The van der Waals surface area contributed by atoms with Gasteiger partial charge in [0.1, 0.15) is 0 Å². The molecule has 6 nitrogen and oxygen atoms in total. The predicted molar refractivity (Wildman–Crippen MR) is 81.4 cm³/mol. The molecule has 2 heterocycles. The van der Waals surface area contributed by atoms with Crippen molar-refractivity contribution in [1.82, 2.24) is 30.1 Å². The minimum absolute atomic E-state index is 0.0754. The molecule has 0 fully saturated rings. The fraction of sp³-hybridized carbons (Fsp3) is 0.615. The fourth-order valence-corrected chi connectivity index (χ4v) is 2.32. The zero-order valence-electron chi connectivity index (χ0n) is 12.6. The molecule has 0 atom stereocenters. The third-order valence-electron chi connectivity index (χ3n) is 2.96. The second-order valence-corrected chi connectivity index (χ2v) is 6.77. The van der Waals surface area contributed by atoms with Gasteiger partial charge in [-0.15, -0.1) is 5.10 Å². The zero-order valence-corrected chi connectivity index (χ0v) is 14.2. The molecular formula is C13H21BrN6. The van der Waals surface area contributed by atoms with E-state index in [0.29, 0.717) is 6.54 Å². The number of nitrogens with one attached hydrogen (secondary N) is 1. The van der Waals surface area contributed by atoms with Gasteiger partial charge in [0, 0.05) is 19.1 Å². The first-order valence-corrected chi connectivity index (χ1v) is 7.37. The lowest BCUT2D eigenvalue weighted by Crippen LogP contribution is -2.35. The first-order valence-electron chi connectivity index (χ1n) is 6.58. The van der Waals surface area contributed by atoms with E-state index >= 15 is 0 Å². The Morgan fingerprint density at radius 2 is 2.05 bits per heavy atom. The van der Waals surface area contributed by atoms with Crippen molar-refractivity contribution in [3.63, 3.8) is 0 Å². The molecule has 0 unspecified atom stereocenters. The SMILES string of the molecule is Cc1nn(C)c(Cn2cc(CNC(C)(C)C)nn2)c1Br. The first kappa shape index (κ1) is 15.2. The number of nitrogens with zero attached hydrogens (tertiary/aromatic N) is 5. The van der Waals surface area contributed by atoms with Gasteiger partial charge >= 0.3 is 0 Å². The van der Waals surface area contributed by atoms with Gasteiger partial charge < -0.3 is 5.32 Å². The number of aromatic nitrogens is 5. The van der Waals surface area contributed by atoms with Crippen LogP contribution in [0, 0.1) is 6.92 Å². The summed E-state index contributed by atoms with van der Waals surface area (Å²) in [5.41, 5.74) is 3.08. The highest BCUT2D eigenvalue weighted by Gasteiger charge is 2.13. The summed E-state index contributed by atoms with van der Waals surface area (Å²) in [4.78, 5) is 0. The number of aryl methyl sites for hydroxylation is 2. The van der Waals surface area contributed by atoms with Crippen LogP contribution in [0.5, 0.6) is 0 Å². The molecule has 0 aliphatic heterocycles. The van der Waals surface area contributed by atoms with Crippen molar-refractivity contribution < 1.29 is 0 Å². The lowest BCUT2D eigenvalue weighted by molar-refractivity contribution is 0.421. The molecule has 0 spiro atoms.